The minimum atomic E-state index is -0.793. The fraction of sp³-hybridized carbons (Fsp3) is 0.810. The van der Waals surface area contributed by atoms with Crippen LogP contribution in [0.5, 0.6) is 0 Å². The van der Waals surface area contributed by atoms with Crippen LogP contribution < -0.4 is 10.6 Å². The van der Waals surface area contributed by atoms with Crippen LogP contribution in [0.15, 0.2) is 30.3 Å². The summed E-state index contributed by atoms with van der Waals surface area (Å²) in [6.45, 7) is 26.4. The van der Waals surface area contributed by atoms with E-state index in [2.05, 4.69) is 10.6 Å². The Hall–Kier alpha value is -4.60. The highest BCUT2D eigenvalue weighted by molar-refractivity contribution is 5.92. The summed E-state index contributed by atoms with van der Waals surface area (Å²) < 4.78 is 51.4. The molecule has 5 rings (SSSR count). The second-order valence-corrected chi connectivity index (χ2v) is 26.5. The molecule has 4 aliphatic rings. The van der Waals surface area contributed by atoms with E-state index in [9.17, 15) is 28.8 Å². The van der Waals surface area contributed by atoms with Crippen molar-refractivity contribution in [3.05, 3.63) is 35.9 Å². The monoisotopic (exact) mass is 1170 g/mol. The van der Waals surface area contributed by atoms with Gasteiger partial charge in [-0.25, -0.2) is 19.2 Å². The van der Waals surface area contributed by atoms with Crippen LogP contribution in [0.25, 0.3) is 0 Å². The third-order valence-corrected chi connectivity index (χ3v) is 14.3. The summed E-state index contributed by atoms with van der Waals surface area (Å²) >= 11 is 0. The van der Waals surface area contributed by atoms with Gasteiger partial charge in [0.1, 0.15) is 46.6 Å². The molecule has 4 fully saturated rings. The number of esters is 2. The van der Waals surface area contributed by atoms with Gasteiger partial charge in [0.15, 0.2) is 0 Å². The van der Waals surface area contributed by atoms with E-state index in [4.69, 9.17) is 47.7 Å². The molecule has 0 unspecified atom stereocenters. The first-order chi connectivity index (χ1) is 39.1. The zero-order valence-electron chi connectivity index (χ0n) is 52.6. The number of aliphatic hydroxyl groups excluding tert-OH is 1. The van der Waals surface area contributed by atoms with Crippen LogP contribution in [0.3, 0.4) is 0 Å². The van der Waals surface area contributed by atoms with Crippen LogP contribution in [0.1, 0.15) is 191 Å². The third-order valence-electron chi connectivity index (χ3n) is 14.3. The van der Waals surface area contributed by atoms with E-state index in [1.54, 1.807) is 67.2 Å². The summed E-state index contributed by atoms with van der Waals surface area (Å²) in [4.78, 5) is 83.3. The molecule has 20 nitrogen and oxygen atoms in total. The van der Waals surface area contributed by atoms with Crippen molar-refractivity contribution in [2.24, 2.45) is 11.8 Å². The zero-order chi connectivity index (χ0) is 61.2. The van der Waals surface area contributed by atoms with E-state index in [1.165, 1.54) is 4.90 Å². The van der Waals surface area contributed by atoms with Gasteiger partial charge in [0.2, 0.25) is 11.8 Å². The number of rotatable bonds is 27. The van der Waals surface area contributed by atoms with Crippen LogP contribution in [0.4, 0.5) is 9.59 Å². The molecule has 1 aromatic rings. The third kappa shape index (κ3) is 28.0. The molecule has 6 atom stereocenters. The minimum Gasteiger partial charge on any atom is -0.458 e. The maximum atomic E-state index is 14.1. The summed E-state index contributed by atoms with van der Waals surface area (Å²) in [6.07, 6.45) is 11.0. The highest BCUT2D eigenvalue weighted by Crippen LogP contribution is 2.33. The molecule has 83 heavy (non-hydrogen) atoms. The molecular weight excluding hydrogens is 1070 g/mol. The Kier molecular flexibility index (Phi) is 30.0. The summed E-state index contributed by atoms with van der Waals surface area (Å²) in [7, 11) is 0. The maximum absolute atomic E-state index is 14.1. The quantitative estimate of drug-likeness (QED) is 0.0423. The van der Waals surface area contributed by atoms with Crippen molar-refractivity contribution in [3.8, 4) is 0 Å². The molecule has 0 bridgehead atoms. The lowest BCUT2D eigenvalue weighted by atomic mass is 9.83. The Balaban J connectivity index is 0.000000362. The van der Waals surface area contributed by atoms with Crippen LogP contribution in [-0.4, -0.2) is 176 Å². The van der Waals surface area contributed by atoms with Gasteiger partial charge < -0.3 is 68.2 Å². The van der Waals surface area contributed by atoms with Gasteiger partial charge >= 0.3 is 24.1 Å². The Morgan fingerprint density at radius 1 is 0.494 bits per heavy atom. The number of amides is 4. The largest absolute Gasteiger partial charge is 0.458 e. The molecule has 0 aromatic heterocycles. The molecule has 4 amide bonds. The Morgan fingerprint density at radius 2 is 0.855 bits per heavy atom. The number of hydrogen-bond acceptors (Lipinski definition) is 16. The first kappa shape index (κ1) is 70.9. The topological polar surface area (TPSA) is 236 Å². The van der Waals surface area contributed by atoms with Gasteiger partial charge in [-0.05, 0) is 152 Å². The SMILES string of the molecule is CC(C)(C)OC(=O)N[C@H](C(=O)N1C[C@H](OCCCOCCCO)C[C@H]1C(=O)OC(C)(C)C)C1CCCCC1.CC(C)(C)OC(=O)N[C@H](C(=O)N1C[C@H](OCCCOCCCOCc2ccccc2)C[C@H]1C(=O)OC(C)(C)C)C1CCCCC1. The molecule has 0 radical (unpaired) electrons. The van der Waals surface area contributed by atoms with Crippen LogP contribution >= 0.6 is 0 Å². The highest BCUT2D eigenvalue weighted by Gasteiger charge is 2.48. The minimum absolute atomic E-state index is 0.0286. The Morgan fingerprint density at radius 3 is 1.23 bits per heavy atom. The maximum Gasteiger partial charge on any atom is 0.408 e. The fourth-order valence-electron chi connectivity index (χ4n) is 10.7. The fourth-order valence-corrected chi connectivity index (χ4v) is 10.7. The molecule has 3 N–H and O–H groups in total. The van der Waals surface area contributed by atoms with Gasteiger partial charge in [0, 0.05) is 78.8 Å². The predicted molar refractivity (Wildman–Crippen MR) is 314 cm³/mol. The van der Waals surface area contributed by atoms with E-state index in [0.717, 1.165) is 76.2 Å². The lowest BCUT2D eigenvalue weighted by Crippen LogP contribution is -2.56. The Labute approximate surface area is 496 Å². The predicted octanol–water partition coefficient (Wildman–Crippen LogP) is 9.38. The molecule has 2 saturated heterocycles. The number of alkyl carbamates (subject to hydrolysis) is 2. The molecule has 20 heteroatoms. The molecule has 2 heterocycles. The van der Waals surface area contributed by atoms with Gasteiger partial charge in [0.25, 0.3) is 0 Å². The number of nitrogens with zero attached hydrogens (tertiary/aromatic N) is 2. The molecule has 1 aromatic carbocycles. The van der Waals surface area contributed by atoms with Crippen molar-refractivity contribution in [2.75, 3.05) is 65.9 Å². The number of benzene rings is 1. The summed E-state index contributed by atoms with van der Waals surface area (Å²) in [5.74, 6) is -1.56. The summed E-state index contributed by atoms with van der Waals surface area (Å²) in [5, 5.41) is 14.5. The normalized spacial score (nSPS) is 20.8. The average molecular weight is 1180 g/mol. The molecule has 2 saturated carbocycles. The molecular formula is C63H106N4O16. The van der Waals surface area contributed by atoms with Crippen molar-refractivity contribution < 1.29 is 76.5 Å². The molecule has 2 aliphatic heterocycles. The van der Waals surface area contributed by atoms with Crippen molar-refractivity contribution in [1.29, 1.82) is 0 Å². The first-order valence-corrected chi connectivity index (χ1v) is 30.8. The highest BCUT2D eigenvalue weighted by atomic mass is 16.6. The standard InChI is InChI=1S/C35H56N2O8.C28H50N2O8/c1-34(2,3)44-32(39)29-23-28(43-22-14-20-41-19-13-21-42-25-26-15-9-7-10-16-26)24-37(29)31(38)30(27-17-11-8-12-18-27)36-33(40)45-35(4,5)6;1-27(2,3)37-25(33)22-18-21(36-17-11-16-35-15-10-14-31)19-30(22)24(32)23(20-12-8-7-9-13-20)29-26(34)38-28(4,5)6/h7,9-10,15-16,27-30H,8,11-14,17-25H2,1-6H3,(H,36,40);20-23,31H,7-19H2,1-6H3,(H,29,34)/t28-,29+,30+;21-,22+,23+/m11/s1. The summed E-state index contributed by atoms with van der Waals surface area (Å²) in [6, 6.07) is 6.93. The van der Waals surface area contributed by atoms with Crippen molar-refractivity contribution in [1.82, 2.24) is 20.4 Å². The first-order valence-electron chi connectivity index (χ1n) is 30.8. The molecule has 474 valence electrons. The van der Waals surface area contributed by atoms with E-state index in [1.807, 2.05) is 51.1 Å². The lowest BCUT2D eigenvalue weighted by Gasteiger charge is -2.35. The number of likely N-dealkylation sites (tertiary alicyclic amines) is 2. The van der Waals surface area contributed by atoms with Gasteiger partial charge in [0.05, 0.1) is 18.8 Å². The smallest absolute Gasteiger partial charge is 0.408 e. The van der Waals surface area contributed by atoms with Crippen LogP contribution in [0, 0.1) is 11.8 Å². The van der Waals surface area contributed by atoms with Gasteiger partial charge in [-0.2, -0.15) is 0 Å². The van der Waals surface area contributed by atoms with Crippen LogP contribution in [0.2, 0.25) is 0 Å². The van der Waals surface area contributed by atoms with Gasteiger partial charge in [-0.1, -0.05) is 68.9 Å². The van der Waals surface area contributed by atoms with E-state index in [0.29, 0.717) is 85.0 Å². The van der Waals surface area contributed by atoms with Gasteiger partial charge in [-0.3, -0.25) is 9.59 Å². The van der Waals surface area contributed by atoms with E-state index < -0.39 is 70.7 Å². The van der Waals surface area contributed by atoms with Crippen molar-refractivity contribution in [2.45, 2.75) is 251 Å². The average Bonchev–Trinajstić information content (AvgIpc) is 4.00. The van der Waals surface area contributed by atoms with E-state index in [-0.39, 0.29) is 55.6 Å². The summed E-state index contributed by atoms with van der Waals surface area (Å²) in [5.41, 5.74) is -1.64. The van der Waals surface area contributed by atoms with Crippen molar-refractivity contribution in [3.63, 3.8) is 0 Å². The van der Waals surface area contributed by atoms with E-state index >= 15 is 0 Å². The molecule has 0 spiro atoms. The number of aliphatic hydroxyl groups is 1. The number of nitrogens with one attached hydrogen (secondary N) is 2. The lowest BCUT2D eigenvalue weighted by molar-refractivity contribution is -0.164. The van der Waals surface area contributed by atoms with Crippen molar-refractivity contribution >= 4 is 35.9 Å². The zero-order valence-corrected chi connectivity index (χ0v) is 52.6. The molecule has 2 aliphatic carbocycles. The number of hydrogen-bond donors (Lipinski definition) is 3. The number of ether oxygens (including phenoxy) is 9. The number of carbonyl (C=O) groups is 6. The Bertz CT molecular complexity index is 2090. The number of carbonyl (C=O) groups excluding carboxylic acids is 6. The van der Waals surface area contributed by atoms with Gasteiger partial charge in [-0.15, -0.1) is 0 Å². The second-order valence-electron chi connectivity index (χ2n) is 26.5. The second kappa shape index (κ2) is 35.1. The van der Waals surface area contributed by atoms with Crippen LogP contribution in [-0.2, 0) is 68.4 Å².